The molecule has 26 heavy (non-hydrogen) atoms. The summed E-state index contributed by atoms with van der Waals surface area (Å²) >= 11 is 0. The summed E-state index contributed by atoms with van der Waals surface area (Å²) in [5.74, 6) is 0.0158. The lowest BCUT2D eigenvalue weighted by atomic mass is 10.00. The molecule has 3 rings (SSSR count). The van der Waals surface area contributed by atoms with Crippen LogP contribution in [0.5, 0.6) is 5.75 Å². The van der Waals surface area contributed by atoms with E-state index in [4.69, 9.17) is 0 Å². The minimum absolute atomic E-state index is 0.0158. The van der Waals surface area contributed by atoms with E-state index in [1.807, 2.05) is 68.4 Å². The SMILES string of the molecule is CCCc1nn(CCc2ccccc2)c(=O)c(-c2ccccc2C)c1O. The average molecular weight is 348 g/mol. The van der Waals surface area contributed by atoms with Gasteiger partial charge in [-0.1, -0.05) is 67.9 Å². The number of nitrogens with zero attached hydrogens (tertiary/aromatic N) is 2. The van der Waals surface area contributed by atoms with Crippen molar-refractivity contribution in [2.75, 3.05) is 0 Å². The maximum Gasteiger partial charge on any atom is 0.278 e. The summed E-state index contributed by atoms with van der Waals surface area (Å²) in [4.78, 5) is 13.1. The molecule has 0 aliphatic heterocycles. The highest BCUT2D eigenvalue weighted by Crippen LogP contribution is 2.30. The van der Waals surface area contributed by atoms with Crippen molar-refractivity contribution in [1.29, 1.82) is 0 Å². The van der Waals surface area contributed by atoms with Gasteiger partial charge in [0.2, 0.25) is 0 Å². The summed E-state index contributed by atoms with van der Waals surface area (Å²) in [7, 11) is 0. The number of benzene rings is 2. The van der Waals surface area contributed by atoms with Crippen molar-refractivity contribution in [3.63, 3.8) is 0 Å². The lowest BCUT2D eigenvalue weighted by Crippen LogP contribution is -2.27. The molecule has 3 aromatic rings. The fourth-order valence-electron chi connectivity index (χ4n) is 3.15. The average Bonchev–Trinajstić information content (AvgIpc) is 2.65. The maximum atomic E-state index is 13.1. The molecule has 1 heterocycles. The Kier molecular flexibility index (Phi) is 5.52. The van der Waals surface area contributed by atoms with Crippen LogP contribution in [0.25, 0.3) is 11.1 Å². The van der Waals surface area contributed by atoms with E-state index in [-0.39, 0.29) is 11.3 Å². The molecule has 2 aromatic carbocycles. The summed E-state index contributed by atoms with van der Waals surface area (Å²) in [5, 5.41) is 15.2. The smallest absolute Gasteiger partial charge is 0.278 e. The largest absolute Gasteiger partial charge is 0.505 e. The Bertz CT molecular complexity index is 946. The van der Waals surface area contributed by atoms with Crippen LogP contribution in [0.2, 0.25) is 0 Å². The van der Waals surface area contributed by atoms with Crippen LogP contribution in [0.1, 0.15) is 30.2 Å². The molecular weight excluding hydrogens is 324 g/mol. The van der Waals surface area contributed by atoms with Gasteiger partial charge in [0, 0.05) is 6.54 Å². The summed E-state index contributed by atoms with van der Waals surface area (Å²) < 4.78 is 1.50. The number of rotatable bonds is 6. The molecule has 0 aliphatic carbocycles. The first-order valence-electron chi connectivity index (χ1n) is 9.04. The van der Waals surface area contributed by atoms with Crippen LogP contribution in [-0.4, -0.2) is 14.9 Å². The molecule has 0 saturated heterocycles. The van der Waals surface area contributed by atoms with Crippen LogP contribution in [0.15, 0.2) is 59.4 Å². The van der Waals surface area contributed by atoms with Crippen LogP contribution < -0.4 is 5.56 Å². The Hall–Kier alpha value is -2.88. The Morgan fingerprint density at radius 3 is 2.38 bits per heavy atom. The van der Waals surface area contributed by atoms with Crippen molar-refractivity contribution in [2.24, 2.45) is 0 Å². The fourth-order valence-corrected chi connectivity index (χ4v) is 3.15. The van der Waals surface area contributed by atoms with E-state index >= 15 is 0 Å². The molecule has 0 aliphatic rings. The van der Waals surface area contributed by atoms with E-state index in [2.05, 4.69) is 5.10 Å². The molecule has 0 fully saturated rings. The molecule has 0 amide bonds. The van der Waals surface area contributed by atoms with Crippen LogP contribution in [0.3, 0.4) is 0 Å². The van der Waals surface area contributed by atoms with Gasteiger partial charge < -0.3 is 5.11 Å². The highest BCUT2D eigenvalue weighted by Gasteiger charge is 2.19. The van der Waals surface area contributed by atoms with E-state index in [0.717, 1.165) is 29.5 Å². The molecule has 0 bridgehead atoms. The topological polar surface area (TPSA) is 55.1 Å². The molecule has 0 spiro atoms. The van der Waals surface area contributed by atoms with E-state index in [9.17, 15) is 9.90 Å². The van der Waals surface area contributed by atoms with Crippen molar-refractivity contribution in [1.82, 2.24) is 9.78 Å². The standard InChI is InChI=1S/C22H24N2O2/c1-3-9-19-21(25)20(18-13-8-7-10-16(18)2)22(26)24(23-19)15-14-17-11-5-4-6-12-17/h4-8,10-13,25H,3,9,14-15H2,1-2H3. The highest BCUT2D eigenvalue weighted by atomic mass is 16.3. The first-order valence-corrected chi connectivity index (χ1v) is 9.04. The van der Waals surface area contributed by atoms with Gasteiger partial charge in [-0.3, -0.25) is 4.79 Å². The van der Waals surface area contributed by atoms with Crippen LogP contribution in [-0.2, 0) is 19.4 Å². The molecule has 0 unspecified atom stereocenters. The highest BCUT2D eigenvalue weighted by molar-refractivity contribution is 5.72. The third-order valence-corrected chi connectivity index (χ3v) is 4.56. The molecule has 1 N–H and O–H groups in total. The Morgan fingerprint density at radius 2 is 1.69 bits per heavy atom. The molecule has 4 heteroatoms. The van der Waals surface area contributed by atoms with Gasteiger partial charge in [-0.05, 0) is 36.5 Å². The van der Waals surface area contributed by atoms with Crippen LogP contribution in [0, 0.1) is 6.92 Å². The lowest BCUT2D eigenvalue weighted by Gasteiger charge is -2.14. The van der Waals surface area contributed by atoms with E-state index in [1.165, 1.54) is 4.68 Å². The summed E-state index contributed by atoms with van der Waals surface area (Å²) in [5.41, 5.74) is 3.58. The van der Waals surface area contributed by atoms with Gasteiger partial charge in [0.25, 0.3) is 5.56 Å². The van der Waals surface area contributed by atoms with E-state index in [1.54, 1.807) is 0 Å². The molecule has 1 aromatic heterocycles. The molecule has 0 atom stereocenters. The number of hydrogen-bond donors (Lipinski definition) is 1. The second-order valence-electron chi connectivity index (χ2n) is 6.50. The van der Waals surface area contributed by atoms with Crippen molar-refractivity contribution in [2.45, 2.75) is 39.7 Å². The summed E-state index contributed by atoms with van der Waals surface area (Å²) in [6.07, 6.45) is 2.21. The third kappa shape index (κ3) is 3.69. The molecule has 4 nitrogen and oxygen atoms in total. The molecule has 0 radical (unpaired) electrons. The van der Waals surface area contributed by atoms with Crippen molar-refractivity contribution in [3.8, 4) is 16.9 Å². The first-order chi connectivity index (χ1) is 12.6. The molecule has 134 valence electrons. The van der Waals surface area contributed by atoms with Crippen molar-refractivity contribution in [3.05, 3.63) is 81.8 Å². The lowest BCUT2D eigenvalue weighted by molar-refractivity contribution is 0.448. The zero-order valence-corrected chi connectivity index (χ0v) is 15.3. The first kappa shape index (κ1) is 17.9. The number of aryl methyl sites for hydroxylation is 4. The second kappa shape index (κ2) is 8.00. The Labute approximate surface area is 153 Å². The zero-order chi connectivity index (χ0) is 18.5. The van der Waals surface area contributed by atoms with Gasteiger partial charge in [0.05, 0.1) is 5.56 Å². The summed E-state index contributed by atoms with van der Waals surface area (Å²) in [6, 6.07) is 17.7. The van der Waals surface area contributed by atoms with Gasteiger partial charge in [-0.2, -0.15) is 5.10 Å². The summed E-state index contributed by atoms with van der Waals surface area (Å²) in [6.45, 7) is 4.47. The number of hydrogen-bond acceptors (Lipinski definition) is 3. The number of aromatic nitrogens is 2. The third-order valence-electron chi connectivity index (χ3n) is 4.56. The quantitative estimate of drug-likeness (QED) is 0.729. The Balaban J connectivity index is 2.07. The van der Waals surface area contributed by atoms with Gasteiger partial charge in [0.1, 0.15) is 5.69 Å². The predicted molar refractivity (Wildman–Crippen MR) is 104 cm³/mol. The normalized spacial score (nSPS) is 10.8. The zero-order valence-electron chi connectivity index (χ0n) is 15.3. The van der Waals surface area contributed by atoms with Crippen molar-refractivity contribution < 1.29 is 5.11 Å². The van der Waals surface area contributed by atoms with Gasteiger partial charge in [-0.25, -0.2) is 4.68 Å². The van der Waals surface area contributed by atoms with Gasteiger partial charge >= 0.3 is 0 Å². The fraction of sp³-hybridized carbons (Fsp3) is 0.273. The van der Waals surface area contributed by atoms with Crippen LogP contribution >= 0.6 is 0 Å². The van der Waals surface area contributed by atoms with Crippen LogP contribution in [0.4, 0.5) is 0 Å². The van der Waals surface area contributed by atoms with Gasteiger partial charge in [-0.15, -0.1) is 0 Å². The van der Waals surface area contributed by atoms with E-state index in [0.29, 0.717) is 24.2 Å². The molecule has 0 saturated carbocycles. The number of aromatic hydroxyl groups is 1. The minimum Gasteiger partial charge on any atom is -0.505 e. The predicted octanol–water partition coefficient (Wildman–Crippen LogP) is 4.12. The second-order valence-corrected chi connectivity index (χ2v) is 6.50. The monoisotopic (exact) mass is 348 g/mol. The minimum atomic E-state index is -0.243. The van der Waals surface area contributed by atoms with Gasteiger partial charge in [0.15, 0.2) is 5.75 Å². The molecular formula is C22H24N2O2. The maximum absolute atomic E-state index is 13.1. The Morgan fingerprint density at radius 1 is 1.00 bits per heavy atom. The van der Waals surface area contributed by atoms with Crippen molar-refractivity contribution >= 4 is 0 Å². The van der Waals surface area contributed by atoms with E-state index < -0.39 is 0 Å².